The highest BCUT2D eigenvalue weighted by atomic mass is 35.5. The minimum Gasteiger partial charge on any atom is -0.485 e. The Balaban J connectivity index is 2.10. The van der Waals surface area contributed by atoms with Crippen LogP contribution in [0.15, 0.2) is 24.4 Å². The first-order valence-electron chi connectivity index (χ1n) is 6.71. The number of hydrogen-bond donors (Lipinski definition) is 1. The first-order chi connectivity index (χ1) is 9.61. The van der Waals surface area contributed by atoms with Gasteiger partial charge in [-0.05, 0) is 19.5 Å². The van der Waals surface area contributed by atoms with Crippen molar-refractivity contribution in [3.8, 4) is 5.75 Å². The van der Waals surface area contributed by atoms with Crippen molar-refractivity contribution < 1.29 is 4.74 Å². The topological polar surface area (TPSA) is 39.1 Å². The van der Waals surface area contributed by atoms with Gasteiger partial charge >= 0.3 is 0 Å². The van der Waals surface area contributed by atoms with E-state index in [0.717, 1.165) is 30.2 Å². The molecule has 1 aromatic heterocycles. The van der Waals surface area contributed by atoms with Gasteiger partial charge in [-0.15, -0.1) is 0 Å². The maximum absolute atomic E-state index is 5.97. The Bertz CT molecular complexity index is 580. The van der Waals surface area contributed by atoms with Crippen molar-refractivity contribution in [2.24, 2.45) is 7.05 Å². The van der Waals surface area contributed by atoms with Crippen LogP contribution in [0.2, 0.25) is 5.15 Å². The summed E-state index contributed by atoms with van der Waals surface area (Å²) in [5.74, 6) is 1.70. The van der Waals surface area contributed by atoms with Gasteiger partial charge in [0.15, 0.2) is 0 Å². The molecule has 0 atom stereocenters. The van der Waals surface area contributed by atoms with Crippen molar-refractivity contribution in [2.75, 3.05) is 6.54 Å². The van der Waals surface area contributed by atoms with Crippen molar-refractivity contribution in [2.45, 2.75) is 27.0 Å². The lowest BCUT2D eigenvalue weighted by molar-refractivity contribution is 0.288. The van der Waals surface area contributed by atoms with Gasteiger partial charge in [-0.2, -0.15) is 0 Å². The number of hydrogen-bond acceptors (Lipinski definition) is 3. The lowest BCUT2D eigenvalue weighted by Crippen LogP contribution is -2.13. The van der Waals surface area contributed by atoms with Crippen LogP contribution in [0.1, 0.15) is 23.9 Å². The van der Waals surface area contributed by atoms with Crippen LogP contribution in [0, 0.1) is 6.92 Å². The van der Waals surface area contributed by atoms with Crippen LogP contribution in [0.5, 0.6) is 5.75 Å². The van der Waals surface area contributed by atoms with E-state index in [1.807, 2.05) is 17.7 Å². The van der Waals surface area contributed by atoms with E-state index >= 15 is 0 Å². The third kappa shape index (κ3) is 3.52. The van der Waals surface area contributed by atoms with Gasteiger partial charge in [-0.3, -0.25) is 0 Å². The average molecular weight is 294 g/mol. The third-order valence-corrected chi connectivity index (χ3v) is 3.52. The Kier molecular flexibility index (Phi) is 5.04. The molecule has 0 amide bonds. The molecule has 0 unspecified atom stereocenters. The molecule has 20 heavy (non-hydrogen) atoms. The van der Waals surface area contributed by atoms with E-state index in [1.54, 1.807) is 6.20 Å². The van der Waals surface area contributed by atoms with Gasteiger partial charge < -0.3 is 14.6 Å². The number of aryl methyl sites for hydroxylation is 1. The molecule has 1 N–H and O–H groups in total. The van der Waals surface area contributed by atoms with Gasteiger partial charge in [0, 0.05) is 19.2 Å². The smallest absolute Gasteiger partial charge is 0.147 e. The van der Waals surface area contributed by atoms with Crippen molar-refractivity contribution in [3.63, 3.8) is 0 Å². The molecule has 5 heteroatoms. The molecule has 0 aliphatic rings. The molecule has 0 fully saturated rings. The number of imidazole rings is 1. The zero-order valence-corrected chi connectivity index (χ0v) is 12.9. The Morgan fingerprint density at radius 2 is 2.20 bits per heavy atom. The molecule has 1 aromatic carbocycles. The second-order valence-electron chi connectivity index (χ2n) is 4.74. The summed E-state index contributed by atoms with van der Waals surface area (Å²) in [6.45, 7) is 6.31. The van der Waals surface area contributed by atoms with Crippen LogP contribution in [0.4, 0.5) is 0 Å². The van der Waals surface area contributed by atoms with Gasteiger partial charge in [0.25, 0.3) is 0 Å². The highest BCUT2D eigenvalue weighted by Gasteiger charge is 2.08. The van der Waals surface area contributed by atoms with E-state index in [9.17, 15) is 0 Å². The number of rotatable bonds is 6. The summed E-state index contributed by atoms with van der Waals surface area (Å²) >= 11 is 5.97. The fraction of sp³-hybridized carbons (Fsp3) is 0.400. The highest BCUT2D eigenvalue weighted by molar-refractivity contribution is 6.29. The molecule has 1 heterocycles. The number of nitrogens with one attached hydrogen (secondary N) is 1. The fourth-order valence-corrected chi connectivity index (χ4v) is 2.09. The molecule has 4 nitrogen and oxygen atoms in total. The monoisotopic (exact) mass is 293 g/mol. The van der Waals surface area contributed by atoms with E-state index in [0.29, 0.717) is 11.8 Å². The zero-order chi connectivity index (χ0) is 14.5. The summed E-state index contributed by atoms with van der Waals surface area (Å²) in [6.07, 6.45) is 1.63. The van der Waals surface area contributed by atoms with Gasteiger partial charge in [-0.1, -0.05) is 36.2 Å². The van der Waals surface area contributed by atoms with Gasteiger partial charge in [0.05, 0.1) is 6.20 Å². The molecule has 2 rings (SSSR count). The quantitative estimate of drug-likeness (QED) is 0.890. The molecule has 0 saturated heterocycles. The molecule has 0 aliphatic carbocycles. The Morgan fingerprint density at radius 1 is 1.40 bits per heavy atom. The van der Waals surface area contributed by atoms with Crippen molar-refractivity contribution in [3.05, 3.63) is 46.5 Å². The molecule has 0 saturated carbocycles. The Hall–Kier alpha value is -1.52. The molecule has 0 bridgehead atoms. The maximum atomic E-state index is 5.97. The van der Waals surface area contributed by atoms with Crippen LogP contribution in [-0.4, -0.2) is 16.1 Å². The summed E-state index contributed by atoms with van der Waals surface area (Å²) in [7, 11) is 1.88. The normalized spacial score (nSPS) is 10.8. The summed E-state index contributed by atoms with van der Waals surface area (Å²) in [4.78, 5) is 4.23. The van der Waals surface area contributed by atoms with Crippen molar-refractivity contribution in [1.82, 2.24) is 14.9 Å². The predicted molar refractivity (Wildman–Crippen MR) is 81.1 cm³/mol. The van der Waals surface area contributed by atoms with E-state index in [1.165, 1.54) is 5.56 Å². The summed E-state index contributed by atoms with van der Waals surface area (Å²) in [5.41, 5.74) is 2.39. The fourth-order valence-electron chi connectivity index (χ4n) is 1.95. The van der Waals surface area contributed by atoms with E-state index in [-0.39, 0.29) is 0 Å². The summed E-state index contributed by atoms with van der Waals surface area (Å²) in [5, 5.41) is 3.94. The maximum Gasteiger partial charge on any atom is 0.147 e. The summed E-state index contributed by atoms with van der Waals surface area (Å²) < 4.78 is 7.71. The lowest BCUT2D eigenvalue weighted by Gasteiger charge is -2.12. The largest absolute Gasteiger partial charge is 0.485 e. The second-order valence-corrected chi connectivity index (χ2v) is 5.12. The second kappa shape index (κ2) is 6.77. The molecular weight excluding hydrogens is 274 g/mol. The molecule has 108 valence electrons. The summed E-state index contributed by atoms with van der Waals surface area (Å²) in [6, 6.07) is 6.20. The molecule has 2 aromatic rings. The molecule has 0 radical (unpaired) electrons. The third-order valence-electron chi connectivity index (χ3n) is 3.17. The van der Waals surface area contributed by atoms with E-state index in [4.69, 9.17) is 16.3 Å². The van der Waals surface area contributed by atoms with Crippen LogP contribution < -0.4 is 10.1 Å². The number of benzene rings is 1. The van der Waals surface area contributed by atoms with E-state index in [2.05, 4.69) is 36.3 Å². The SMILES string of the molecule is CCNCc1cc(C)ccc1OCc1ncc(Cl)n1C. The minimum absolute atomic E-state index is 0.408. The number of ether oxygens (including phenoxy) is 1. The van der Waals surface area contributed by atoms with Gasteiger partial charge in [0.2, 0.25) is 0 Å². The molecular formula is C15H20ClN3O. The van der Waals surface area contributed by atoms with Crippen LogP contribution >= 0.6 is 11.6 Å². The molecule has 0 spiro atoms. The van der Waals surface area contributed by atoms with Gasteiger partial charge in [0.1, 0.15) is 23.3 Å². The van der Waals surface area contributed by atoms with Gasteiger partial charge in [-0.25, -0.2) is 4.98 Å². The minimum atomic E-state index is 0.408. The number of nitrogens with zero attached hydrogens (tertiary/aromatic N) is 2. The van der Waals surface area contributed by atoms with Crippen molar-refractivity contribution >= 4 is 11.6 Å². The van der Waals surface area contributed by atoms with Crippen LogP contribution in [-0.2, 0) is 20.2 Å². The first kappa shape index (κ1) is 14.9. The number of halogens is 1. The highest BCUT2D eigenvalue weighted by Crippen LogP contribution is 2.21. The molecule has 0 aliphatic heterocycles. The van der Waals surface area contributed by atoms with Crippen molar-refractivity contribution in [1.29, 1.82) is 0 Å². The first-order valence-corrected chi connectivity index (χ1v) is 7.08. The van der Waals surface area contributed by atoms with Crippen LogP contribution in [0.3, 0.4) is 0 Å². The average Bonchev–Trinajstić information content (AvgIpc) is 2.75. The number of aromatic nitrogens is 2. The zero-order valence-electron chi connectivity index (χ0n) is 12.1. The van der Waals surface area contributed by atoms with E-state index < -0.39 is 0 Å². The Labute approximate surface area is 124 Å². The van der Waals surface area contributed by atoms with Crippen LogP contribution in [0.25, 0.3) is 0 Å². The lowest BCUT2D eigenvalue weighted by atomic mass is 10.1. The standard InChI is InChI=1S/C15H20ClN3O/c1-4-17-8-12-7-11(2)5-6-13(12)20-10-15-18-9-14(16)19(15)3/h5-7,9,17H,4,8,10H2,1-3H3. The Morgan fingerprint density at radius 3 is 2.85 bits per heavy atom. The predicted octanol–water partition coefficient (Wildman–Crippen LogP) is 3.07.